The molecule has 1 aliphatic heterocycles. The van der Waals surface area contributed by atoms with Crippen LogP contribution in [0.15, 0.2) is 29.8 Å². The average Bonchev–Trinajstić information content (AvgIpc) is 3.07. The smallest absolute Gasteiger partial charge is 0.332 e. The number of likely N-dealkylation sites (tertiary alicyclic amines) is 1. The molecule has 0 spiro atoms. The van der Waals surface area contributed by atoms with Gasteiger partial charge in [0.1, 0.15) is 5.75 Å². The number of nitrogens with zero attached hydrogens (tertiary/aromatic N) is 1. The standard InChI is InChI=1S/C21H27NO4/c1-2-26-19-10-6-5-7-15(19)11-18(21(24)25)12-20(23)22-13-16-8-3-4-9-17(16)14-22/h5-7,10-11,16-17H,2-4,8-9,12-14H2,1H3,(H,24,25)/b18-11-. The van der Waals surface area contributed by atoms with E-state index in [1.54, 1.807) is 6.08 Å². The van der Waals surface area contributed by atoms with E-state index in [2.05, 4.69) is 0 Å². The quantitative estimate of drug-likeness (QED) is 0.790. The Hall–Kier alpha value is -2.30. The Labute approximate surface area is 154 Å². The summed E-state index contributed by atoms with van der Waals surface area (Å²) >= 11 is 0. The van der Waals surface area contributed by atoms with Gasteiger partial charge in [-0.05, 0) is 43.7 Å². The molecule has 0 aromatic heterocycles. The van der Waals surface area contributed by atoms with Gasteiger partial charge in [0.2, 0.25) is 5.91 Å². The molecule has 1 aromatic carbocycles. The minimum atomic E-state index is -1.05. The molecule has 2 unspecified atom stereocenters. The summed E-state index contributed by atoms with van der Waals surface area (Å²) in [6.45, 7) is 3.95. The molecule has 5 heteroatoms. The second-order valence-corrected chi connectivity index (χ2v) is 7.23. The number of carboxylic acids is 1. The van der Waals surface area contributed by atoms with Crippen LogP contribution in [0.5, 0.6) is 5.75 Å². The van der Waals surface area contributed by atoms with Crippen molar-refractivity contribution >= 4 is 18.0 Å². The molecule has 1 aliphatic carbocycles. The van der Waals surface area contributed by atoms with E-state index in [-0.39, 0.29) is 17.9 Å². The highest BCUT2D eigenvalue weighted by Gasteiger charge is 2.36. The third kappa shape index (κ3) is 4.26. The molecule has 1 N–H and O–H groups in total. The summed E-state index contributed by atoms with van der Waals surface area (Å²) in [4.78, 5) is 26.3. The number of rotatable bonds is 6. The van der Waals surface area contributed by atoms with Crippen molar-refractivity contribution < 1.29 is 19.4 Å². The van der Waals surface area contributed by atoms with Crippen LogP contribution in [-0.4, -0.2) is 41.6 Å². The molecular formula is C21H27NO4. The molecule has 0 bridgehead atoms. The summed E-state index contributed by atoms with van der Waals surface area (Å²) < 4.78 is 5.55. The number of carbonyl (C=O) groups excluding carboxylic acids is 1. The zero-order valence-electron chi connectivity index (χ0n) is 15.3. The van der Waals surface area contributed by atoms with Crippen LogP contribution in [-0.2, 0) is 9.59 Å². The van der Waals surface area contributed by atoms with Crippen LogP contribution in [0.3, 0.4) is 0 Å². The first-order valence-electron chi connectivity index (χ1n) is 9.52. The first kappa shape index (κ1) is 18.5. The number of carboxylic acid groups (broad SMARTS) is 1. The summed E-state index contributed by atoms with van der Waals surface area (Å²) in [5.41, 5.74) is 0.798. The molecule has 1 saturated carbocycles. The van der Waals surface area contributed by atoms with E-state index in [1.807, 2.05) is 36.1 Å². The van der Waals surface area contributed by atoms with Gasteiger partial charge in [-0.15, -0.1) is 0 Å². The number of benzene rings is 1. The van der Waals surface area contributed by atoms with Crippen molar-refractivity contribution in [2.75, 3.05) is 19.7 Å². The zero-order chi connectivity index (χ0) is 18.5. The van der Waals surface area contributed by atoms with E-state index in [0.29, 0.717) is 29.8 Å². The van der Waals surface area contributed by atoms with Crippen molar-refractivity contribution in [2.24, 2.45) is 11.8 Å². The SMILES string of the molecule is CCOc1ccccc1/C=C(/CC(=O)N1CC2CCCCC2C1)C(=O)O. The number of hydrogen-bond donors (Lipinski definition) is 1. The van der Waals surface area contributed by atoms with E-state index in [9.17, 15) is 14.7 Å². The average molecular weight is 357 g/mol. The number of hydrogen-bond acceptors (Lipinski definition) is 3. The fourth-order valence-corrected chi connectivity index (χ4v) is 4.15. The van der Waals surface area contributed by atoms with Crippen LogP contribution in [0.2, 0.25) is 0 Å². The van der Waals surface area contributed by atoms with Crippen molar-refractivity contribution in [3.8, 4) is 5.75 Å². The second-order valence-electron chi connectivity index (χ2n) is 7.23. The third-order valence-corrected chi connectivity index (χ3v) is 5.49. The number of ether oxygens (including phenoxy) is 1. The van der Waals surface area contributed by atoms with Crippen molar-refractivity contribution in [1.29, 1.82) is 0 Å². The maximum Gasteiger partial charge on any atom is 0.332 e. The van der Waals surface area contributed by atoms with E-state index < -0.39 is 5.97 Å². The first-order chi connectivity index (χ1) is 12.6. The number of carbonyl (C=O) groups is 2. The van der Waals surface area contributed by atoms with Crippen molar-refractivity contribution in [3.05, 3.63) is 35.4 Å². The molecule has 3 rings (SSSR count). The molecule has 2 atom stereocenters. The monoisotopic (exact) mass is 357 g/mol. The molecule has 1 saturated heterocycles. The molecule has 1 amide bonds. The number of fused-ring (bicyclic) bond motifs is 1. The number of amides is 1. The summed E-state index contributed by atoms with van der Waals surface area (Å²) in [6.07, 6.45) is 6.37. The Morgan fingerprint density at radius 2 is 1.85 bits per heavy atom. The highest BCUT2D eigenvalue weighted by atomic mass is 16.5. The molecule has 1 heterocycles. The van der Waals surface area contributed by atoms with Crippen LogP contribution < -0.4 is 4.74 Å². The van der Waals surface area contributed by atoms with E-state index in [4.69, 9.17) is 4.74 Å². The van der Waals surface area contributed by atoms with Crippen molar-refractivity contribution in [1.82, 2.24) is 4.90 Å². The maximum atomic E-state index is 12.7. The van der Waals surface area contributed by atoms with E-state index in [0.717, 1.165) is 13.1 Å². The van der Waals surface area contributed by atoms with Crippen LogP contribution in [0.25, 0.3) is 6.08 Å². The van der Waals surface area contributed by atoms with Gasteiger partial charge < -0.3 is 14.7 Å². The van der Waals surface area contributed by atoms with Gasteiger partial charge >= 0.3 is 5.97 Å². The van der Waals surface area contributed by atoms with E-state index in [1.165, 1.54) is 25.7 Å². The Morgan fingerprint density at radius 3 is 2.46 bits per heavy atom. The number of aliphatic carboxylic acids is 1. The molecule has 2 aliphatic rings. The minimum absolute atomic E-state index is 0.0742. The lowest BCUT2D eigenvalue weighted by molar-refractivity contribution is -0.136. The molecule has 26 heavy (non-hydrogen) atoms. The lowest BCUT2D eigenvalue weighted by Crippen LogP contribution is -2.29. The highest BCUT2D eigenvalue weighted by Crippen LogP contribution is 2.36. The maximum absolute atomic E-state index is 12.7. The predicted molar refractivity (Wildman–Crippen MR) is 99.9 cm³/mol. The fraction of sp³-hybridized carbons (Fsp3) is 0.524. The zero-order valence-corrected chi connectivity index (χ0v) is 15.3. The molecule has 0 radical (unpaired) electrons. The van der Waals surface area contributed by atoms with Crippen LogP contribution in [0.4, 0.5) is 0 Å². The van der Waals surface area contributed by atoms with Gasteiger partial charge in [0.25, 0.3) is 0 Å². The first-order valence-corrected chi connectivity index (χ1v) is 9.52. The Balaban J connectivity index is 1.73. The lowest BCUT2D eigenvalue weighted by Gasteiger charge is -2.22. The van der Waals surface area contributed by atoms with Crippen molar-refractivity contribution in [2.45, 2.75) is 39.0 Å². The van der Waals surface area contributed by atoms with Gasteiger partial charge in [0.15, 0.2) is 0 Å². The largest absolute Gasteiger partial charge is 0.493 e. The van der Waals surface area contributed by atoms with Crippen LogP contribution in [0.1, 0.15) is 44.6 Å². The predicted octanol–water partition coefficient (Wildman–Crippen LogP) is 3.59. The molecule has 140 valence electrons. The summed E-state index contributed by atoms with van der Waals surface area (Å²) in [6, 6.07) is 7.30. The Kier molecular flexibility index (Phi) is 5.96. The second kappa shape index (κ2) is 8.39. The van der Waals surface area contributed by atoms with Gasteiger partial charge in [-0.2, -0.15) is 0 Å². The van der Waals surface area contributed by atoms with Crippen molar-refractivity contribution in [3.63, 3.8) is 0 Å². The summed E-state index contributed by atoms with van der Waals surface area (Å²) in [5, 5.41) is 9.57. The van der Waals surface area contributed by atoms with Crippen LogP contribution >= 0.6 is 0 Å². The lowest BCUT2D eigenvalue weighted by atomic mass is 9.82. The van der Waals surface area contributed by atoms with Gasteiger partial charge in [-0.1, -0.05) is 31.0 Å². The Bertz CT molecular complexity index is 683. The topological polar surface area (TPSA) is 66.8 Å². The van der Waals surface area contributed by atoms with Gasteiger partial charge in [0, 0.05) is 24.2 Å². The Morgan fingerprint density at radius 1 is 1.19 bits per heavy atom. The minimum Gasteiger partial charge on any atom is -0.493 e. The van der Waals surface area contributed by atoms with Gasteiger partial charge in [-0.3, -0.25) is 4.79 Å². The fourth-order valence-electron chi connectivity index (χ4n) is 4.15. The third-order valence-electron chi connectivity index (χ3n) is 5.49. The van der Waals surface area contributed by atoms with E-state index >= 15 is 0 Å². The summed E-state index contributed by atoms with van der Waals surface area (Å²) in [5.74, 6) is 0.698. The molecule has 2 fully saturated rings. The van der Waals surface area contributed by atoms with Gasteiger partial charge in [0.05, 0.1) is 13.0 Å². The van der Waals surface area contributed by atoms with Crippen LogP contribution in [0, 0.1) is 11.8 Å². The summed E-state index contributed by atoms with van der Waals surface area (Å²) in [7, 11) is 0. The number of para-hydroxylation sites is 1. The molecular weight excluding hydrogens is 330 g/mol. The van der Waals surface area contributed by atoms with Gasteiger partial charge in [-0.25, -0.2) is 4.79 Å². The molecule has 1 aromatic rings. The molecule has 5 nitrogen and oxygen atoms in total. The normalized spacial score (nSPS) is 22.8. The highest BCUT2D eigenvalue weighted by molar-refractivity contribution is 5.98.